The molecule has 0 saturated heterocycles. The van der Waals surface area contributed by atoms with E-state index in [1.54, 1.807) is 0 Å². The molecule has 5 heteroatoms. The minimum absolute atomic E-state index is 0.502. The molecule has 0 heterocycles. The van der Waals surface area contributed by atoms with Crippen LogP contribution in [0.2, 0.25) is 0 Å². The largest absolute Gasteiger partial charge is 0.205 e. The summed E-state index contributed by atoms with van der Waals surface area (Å²) in [6, 6.07) is 0. The van der Waals surface area contributed by atoms with Gasteiger partial charge in [-0.05, 0) is 29.5 Å². The van der Waals surface area contributed by atoms with Crippen LogP contribution in [-0.2, 0) is 0 Å². The fourth-order valence-electron chi connectivity index (χ4n) is 0.715. The van der Waals surface area contributed by atoms with Crippen molar-refractivity contribution in [3.05, 3.63) is 32.4 Å². The summed E-state index contributed by atoms with van der Waals surface area (Å²) in [5.74, 6) is -5.62. The number of hydrogen-bond donors (Lipinski definition) is 0. The molecular formula is C7H3F4I. The van der Waals surface area contributed by atoms with Gasteiger partial charge in [-0.25, -0.2) is 17.6 Å². The van der Waals surface area contributed by atoms with Gasteiger partial charge in [0.15, 0.2) is 17.5 Å². The molecule has 0 aliphatic heterocycles. The molecule has 0 N–H and O–H groups in total. The van der Waals surface area contributed by atoms with E-state index in [4.69, 9.17) is 0 Å². The fraction of sp³-hybridized carbons (Fsp3) is 0.143. The molecule has 0 spiro atoms. The van der Waals surface area contributed by atoms with Crippen molar-refractivity contribution in [2.45, 2.75) is 6.92 Å². The van der Waals surface area contributed by atoms with Gasteiger partial charge < -0.3 is 0 Å². The van der Waals surface area contributed by atoms with Gasteiger partial charge in [0.1, 0.15) is 5.82 Å². The summed E-state index contributed by atoms with van der Waals surface area (Å²) >= 11 is 1.28. The molecule has 0 aliphatic carbocycles. The van der Waals surface area contributed by atoms with Crippen LogP contribution in [0.15, 0.2) is 0 Å². The molecule has 0 radical (unpaired) electrons. The van der Waals surface area contributed by atoms with E-state index in [-0.39, 0.29) is 0 Å². The van der Waals surface area contributed by atoms with Crippen LogP contribution in [0.25, 0.3) is 0 Å². The molecule has 0 fully saturated rings. The maximum Gasteiger partial charge on any atom is 0.195 e. The van der Waals surface area contributed by atoms with E-state index in [2.05, 4.69) is 0 Å². The van der Waals surface area contributed by atoms with E-state index >= 15 is 0 Å². The molecule has 0 atom stereocenters. The standard InChI is InChI=1S/C7H3F4I/c1-2-3(8)5(10)6(11)7(12)4(2)9/h1H3. The summed E-state index contributed by atoms with van der Waals surface area (Å²) in [6.45, 7) is 1.05. The quantitative estimate of drug-likeness (QED) is 0.298. The van der Waals surface area contributed by atoms with E-state index in [0.29, 0.717) is 0 Å². The minimum Gasteiger partial charge on any atom is -0.205 e. The second-order valence-electron chi connectivity index (χ2n) is 2.19. The zero-order valence-electron chi connectivity index (χ0n) is 5.89. The Balaban J connectivity index is 3.60. The Morgan fingerprint density at radius 3 is 1.83 bits per heavy atom. The highest BCUT2D eigenvalue weighted by Gasteiger charge is 2.20. The van der Waals surface area contributed by atoms with Crippen molar-refractivity contribution < 1.29 is 17.6 Å². The number of rotatable bonds is 0. The molecule has 1 aromatic carbocycles. The predicted molar refractivity (Wildman–Crippen MR) is 43.7 cm³/mol. The molecule has 0 saturated carbocycles. The van der Waals surface area contributed by atoms with Crippen LogP contribution >= 0.6 is 22.6 Å². The Bertz CT molecular complexity index is 230. The Hall–Kier alpha value is -0.330. The fourth-order valence-corrected chi connectivity index (χ4v) is 1.36. The molecule has 66 valence electrons. The number of halogens is 5. The third-order valence-electron chi connectivity index (χ3n) is 1.43. The van der Waals surface area contributed by atoms with Crippen molar-refractivity contribution in [1.82, 2.24) is 0 Å². The lowest BCUT2D eigenvalue weighted by Crippen LogP contribution is -2.02. The normalized spacial score (nSPS) is 10.5. The highest BCUT2D eigenvalue weighted by molar-refractivity contribution is 14.1. The van der Waals surface area contributed by atoms with Crippen molar-refractivity contribution in [2.75, 3.05) is 0 Å². The highest BCUT2D eigenvalue weighted by atomic mass is 127. The van der Waals surface area contributed by atoms with Gasteiger partial charge in [-0.2, -0.15) is 0 Å². The summed E-state index contributed by atoms with van der Waals surface area (Å²) in [5.41, 5.74) is -0.502. The molecule has 0 amide bonds. The maximum absolute atomic E-state index is 12.8. The van der Waals surface area contributed by atoms with Crippen LogP contribution in [0.5, 0.6) is 0 Å². The van der Waals surface area contributed by atoms with Gasteiger partial charge in [-0.1, -0.05) is 0 Å². The molecule has 12 heavy (non-hydrogen) atoms. The van der Waals surface area contributed by atoms with Gasteiger partial charge in [0.2, 0.25) is 0 Å². The lowest BCUT2D eigenvalue weighted by Gasteiger charge is -2.03. The van der Waals surface area contributed by atoms with Gasteiger partial charge in [-0.3, -0.25) is 0 Å². The molecular weight excluding hydrogens is 287 g/mol. The Morgan fingerprint density at radius 1 is 0.833 bits per heavy atom. The van der Waals surface area contributed by atoms with Crippen molar-refractivity contribution in [2.24, 2.45) is 0 Å². The van der Waals surface area contributed by atoms with Gasteiger partial charge in [0, 0.05) is 5.56 Å². The first-order valence-electron chi connectivity index (χ1n) is 2.94. The average Bonchev–Trinajstić information content (AvgIpc) is 2.08. The smallest absolute Gasteiger partial charge is 0.195 e. The van der Waals surface area contributed by atoms with Gasteiger partial charge >= 0.3 is 0 Å². The average molecular weight is 290 g/mol. The maximum atomic E-state index is 12.8. The second-order valence-corrected chi connectivity index (χ2v) is 3.27. The summed E-state index contributed by atoms with van der Waals surface area (Å²) < 4.78 is 49.9. The SMILES string of the molecule is Cc1c(F)c(F)c(F)c(I)c1F. The van der Waals surface area contributed by atoms with Gasteiger partial charge in [0.05, 0.1) is 3.57 Å². The monoisotopic (exact) mass is 290 g/mol. The molecule has 1 aromatic rings. The summed E-state index contributed by atoms with van der Waals surface area (Å²) in [6.07, 6.45) is 0. The van der Waals surface area contributed by atoms with Gasteiger partial charge in [-0.15, -0.1) is 0 Å². The van der Waals surface area contributed by atoms with Crippen molar-refractivity contribution >= 4 is 22.6 Å². The first-order valence-corrected chi connectivity index (χ1v) is 4.02. The molecule has 0 aliphatic rings. The van der Waals surface area contributed by atoms with Crippen LogP contribution < -0.4 is 0 Å². The first-order chi connectivity index (χ1) is 5.46. The summed E-state index contributed by atoms with van der Waals surface area (Å²) in [4.78, 5) is 0. The molecule has 0 aromatic heterocycles. The molecule has 0 nitrogen and oxygen atoms in total. The second kappa shape index (κ2) is 3.20. The highest BCUT2D eigenvalue weighted by Crippen LogP contribution is 2.24. The van der Waals surface area contributed by atoms with Crippen molar-refractivity contribution in [3.63, 3.8) is 0 Å². The van der Waals surface area contributed by atoms with E-state index in [1.807, 2.05) is 0 Å². The van der Waals surface area contributed by atoms with Crippen LogP contribution in [-0.4, -0.2) is 0 Å². The van der Waals surface area contributed by atoms with Crippen molar-refractivity contribution in [1.29, 1.82) is 0 Å². The third-order valence-corrected chi connectivity index (χ3v) is 2.38. The lowest BCUT2D eigenvalue weighted by atomic mass is 10.2. The van der Waals surface area contributed by atoms with E-state index in [1.165, 1.54) is 22.6 Å². The molecule has 0 bridgehead atoms. The Kier molecular flexibility index (Phi) is 2.60. The minimum atomic E-state index is -1.63. The first kappa shape index (κ1) is 9.76. The Morgan fingerprint density at radius 2 is 1.33 bits per heavy atom. The van der Waals surface area contributed by atoms with Crippen LogP contribution in [0.3, 0.4) is 0 Å². The lowest BCUT2D eigenvalue weighted by molar-refractivity contribution is 0.423. The summed E-state index contributed by atoms with van der Waals surface area (Å²) in [7, 11) is 0. The zero-order valence-corrected chi connectivity index (χ0v) is 8.05. The topological polar surface area (TPSA) is 0 Å². The van der Waals surface area contributed by atoms with Crippen LogP contribution in [0, 0.1) is 33.8 Å². The number of benzene rings is 1. The predicted octanol–water partition coefficient (Wildman–Crippen LogP) is 3.16. The van der Waals surface area contributed by atoms with Crippen LogP contribution in [0.4, 0.5) is 17.6 Å². The van der Waals surface area contributed by atoms with E-state index in [9.17, 15) is 17.6 Å². The molecule has 1 rings (SSSR count). The van der Waals surface area contributed by atoms with E-state index in [0.717, 1.165) is 6.92 Å². The van der Waals surface area contributed by atoms with Crippen LogP contribution in [0.1, 0.15) is 5.56 Å². The molecule has 0 unspecified atom stereocenters. The Labute approximate surface area is 79.7 Å². The zero-order chi connectivity index (χ0) is 9.46. The number of hydrogen-bond acceptors (Lipinski definition) is 0. The van der Waals surface area contributed by atoms with Crippen molar-refractivity contribution in [3.8, 4) is 0 Å². The van der Waals surface area contributed by atoms with Gasteiger partial charge in [0.25, 0.3) is 0 Å². The third kappa shape index (κ3) is 1.30. The summed E-state index contributed by atoms with van der Waals surface area (Å²) in [5, 5.41) is 0. The van der Waals surface area contributed by atoms with E-state index < -0.39 is 32.4 Å².